The van der Waals surface area contributed by atoms with E-state index in [0.717, 1.165) is 63.6 Å². The molecule has 7 heteroatoms. The first kappa shape index (κ1) is 17.9. The summed E-state index contributed by atoms with van der Waals surface area (Å²) in [5.41, 5.74) is 0.927. The van der Waals surface area contributed by atoms with Crippen LogP contribution in [0.4, 0.5) is 5.82 Å². The van der Waals surface area contributed by atoms with Crippen LogP contribution >= 0.6 is 0 Å². The molecule has 0 saturated carbocycles. The molecule has 0 aliphatic carbocycles. The molecule has 0 N–H and O–H groups in total. The molecule has 138 valence electrons. The molecular weight excluding hydrogens is 318 g/mol. The first-order valence-electron chi connectivity index (χ1n) is 9.43. The predicted octanol–water partition coefficient (Wildman–Crippen LogP) is 1.26. The van der Waals surface area contributed by atoms with Crippen LogP contribution in [0.15, 0.2) is 6.07 Å². The van der Waals surface area contributed by atoms with Gasteiger partial charge < -0.3 is 4.90 Å². The van der Waals surface area contributed by atoms with Gasteiger partial charge in [-0.1, -0.05) is 6.92 Å². The molecule has 0 radical (unpaired) electrons. The van der Waals surface area contributed by atoms with E-state index in [0.29, 0.717) is 13.0 Å². The Morgan fingerprint density at radius 1 is 1.04 bits per heavy atom. The van der Waals surface area contributed by atoms with Gasteiger partial charge in [0.15, 0.2) is 0 Å². The first-order chi connectivity index (χ1) is 12.1. The van der Waals surface area contributed by atoms with E-state index in [1.54, 1.807) is 4.90 Å². The minimum atomic E-state index is 0.0267. The van der Waals surface area contributed by atoms with Gasteiger partial charge in [0.05, 0.1) is 5.69 Å². The Kier molecular flexibility index (Phi) is 5.73. The second-order valence-electron chi connectivity index (χ2n) is 6.99. The summed E-state index contributed by atoms with van der Waals surface area (Å²) in [5.74, 6) is 0.999. The van der Waals surface area contributed by atoms with Crippen LogP contribution in [-0.4, -0.2) is 70.7 Å². The minimum Gasteiger partial charge on any atom is -0.340 e. The molecule has 0 spiro atoms. The van der Waals surface area contributed by atoms with Crippen LogP contribution in [0.1, 0.15) is 38.3 Å². The third-order valence-electron chi connectivity index (χ3n) is 5.03. The molecular formula is C18H29N5O2. The Bertz CT molecular complexity index is 619. The Morgan fingerprint density at radius 3 is 2.48 bits per heavy atom. The van der Waals surface area contributed by atoms with E-state index in [1.807, 2.05) is 22.6 Å². The van der Waals surface area contributed by atoms with Gasteiger partial charge in [-0.3, -0.25) is 19.4 Å². The Morgan fingerprint density at radius 2 is 1.76 bits per heavy atom. The Balaban J connectivity index is 1.49. The van der Waals surface area contributed by atoms with Crippen molar-refractivity contribution in [2.45, 2.75) is 46.1 Å². The highest BCUT2D eigenvalue weighted by Gasteiger charge is 2.26. The van der Waals surface area contributed by atoms with Gasteiger partial charge >= 0.3 is 0 Å². The number of carbonyl (C=O) groups excluding carboxylic acids is 2. The summed E-state index contributed by atoms with van der Waals surface area (Å²) >= 11 is 0. The largest absolute Gasteiger partial charge is 0.340 e. The van der Waals surface area contributed by atoms with Crippen LogP contribution in [0, 0.1) is 6.92 Å². The van der Waals surface area contributed by atoms with Crippen LogP contribution in [0.5, 0.6) is 0 Å². The van der Waals surface area contributed by atoms with Gasteiger partial charge in [-0.05, 0) is 26.3 Å². The average molecular weight is 347 g/mol. The molecule has 1 aromatic rings. The monoisotopic (exact) mass is 347 g/mol. The smallest absolute Gasteiger partial charge is 0.228 e. The van der Waals surface area contributed by atoms with Crippen molar-refractivity contribution in [3.63, 3.8) is 0 Å². The summed E-state index contributed by atoms with van der Waals surface area (Å²) in [6, 6.07) is 1.95. The molecule has 25 heavy (non-hydrogen) atoms. The number of amides is 2. The van der Waals surface area contributed by atoms with Crippen LogP contribution in [0.25, 0.3) is 0 Å². The second-order valence-corrected chi connectivity index (χ2v) is 6.99. The fourth-order valence-corrected chi connectivity index (χ4v) is 3.70. The SMILES string of the molecule is CCCN1CCN(C(=O)CCC(=O)N2CCCn3nc(C)cc32)CC1. The summed E-state index contributed by atoms with van der Waals surface area (Å²) in [6.45, 7) is 10.2. The van der Waals surface area contributed by atoms with Crippen molar-refractivity contribution in [1.82, 2.24) is 19.6 Å². The molecule has 1 saturated heterocycles. The summed E-state index contributed by atoms with van der Waals surface area (Å²) in [5, 5.41) is 4.42. The maximum absolute atomic E-state index is 12.6. The summed E-state index contributed by atoms with van der Waals surface area (Å²) < 4.78 is 1.89. The van der Waals surface area contributed by atoms with Gasteiger partial charge in [0.1, 0.15) is 5.82 Å². The molecule has 3 heterocycles. The zero-order chi connectivity index (χ0) is 17.8. The lowest BCUT2D eigenvalue weighted by atomic mass is 10.2. The number of carbonyl (C=O) groups is 2. The van der Waals surface area contributed by atoms with Gasteiger partial charge in [0.25, 0.3) is 0 Å². The summed E-state index contributed by atoms with van der Waals surface area (Å²) in [7, 11) is 0. The maximum atomic E-state index is 12.6. The van der Waals surface area contributed by atoms with E-state index in [-0.39, 0.29) is 18.2 Å². The van der Waals surface area contributed by atoms with Gasteiger partial charge in [-0.2, -0.15) is 5.10 Å². The maximum Gasteiger partial charge on any atom is 0.228 e. The van der Waals surface area contributed by atoms with E-state index >= 15 is 0 Å². The van der Waals surface area contributed by atoms with E-state index in [9.17, 15) is 9.59 Å². The molecule has 3 rings (SSSR count). The van der Waals surface area contributed by atoms with Gasteiger partial charge in [-0.25, -0.2) is 4.68 Å². The minimum absolute atomic E-state index is 0.0267. The fraction of sp³-hybridized carbons (Fsp3) is 0.722. The fourth-order valence-electron chi connectivity index (χ4n) is 3.70. The second kappa shape index (κ2) is 7.99. The Hall–Kier alpha value is -1.89. The number of rotatable bonds is 5. The number of aryl methyl sites for hydroxylation is 2. The summed E-state index contributed by atoms with van der Waals surface area (Å²) in [4.78, 5) is 31.1. The number of anilines is 1. The molecule has 0 unspecified atom stereocenters. The van der Waals surface area contributed by atoms with Gasteiger partial charge in [0, 0.05) is 58.2 Å². The van der Waals surface area contributed by atoms with Crippen molar-refractivity contribution < 1.29 is 9.59 Å². The third-order valence-corrected chi connectivity index (χ3v) is 5.03. The van der Waals surface area contributed by atoms with Gasteiger partial charge in [0.2, 0.25) is 11.8 Å². The van der Waals surface area contributed by atoms with Crippen molar-refractivity contribution in [3.05, 3.63) is 11.8 Å². The van der Waals surface area contributed by atoms with Crippen molar-refractivity contribution in [2.24, 2.45) is 0 Å². The number of piperazine rings is 1. The predicted molar refractivity (Wildman–Crippen MR) is 96.5 cm³/mol. The number of hydrogen-bond acceptors (Lipinski definition) is 4. The van der Waals surface area contributed by atoms with Crippen molar-refractivity contribution in [3.8, 4) is 0 Å². The normalized spacial score (nSPS) is 18.3. The average Bonchev–Trinajstić information content (AvgIpc) is 3.00. The molecule has 7 nitrogen and oxygen atoms in total. The van der Waals surface area contributed by atoms with E-state index in [2.05, 4.69) is 16.9 Å². The van der Waals surface area contributed by atoms with Crippen LogP contribution in [-0.2, 0) is 16.1 Å². The Labute approximate surface area is 149 Å². The lowest BCUT2D eigenvalue weighted by Gasteiger charge is -2.34. The molecule has 2 aliphatic heterocycles. The molecule has 2 aliphatic rings. The topological polar surface area (TPSA) is 61.7 Å². The highest BCUT2D eigenvalue weighted by Crippen LogP contribution is 2.22. The van der Waals surface area contributed by atoms with E-state index in [4.69, 9.17) is 0 Å². The number of hydrogen-bond donors (Lipinski definition) is 0. The van der Waals surface area contributed by atoms with Crippen LogP contribution in [0.2, 0.25) is 0 Å². The molecule has 1 fully saturated rings. The quantitative estimate of drug-likeness (QED) is 0.805. The van der Waals surface area contributed by atoms with Crippen LogP contribution in [0.3, 0.4) is 0 Å². The van der Waals surface area contributed by atoms with Gasteiger partial charge in [-0.15, -0.1) is 0 Å². The van der Waals surface area contributed by atoms with Crippen molar-refractivity contribution in [1.29, 1.82) is 0 Å². The standard InChI is InChI=1S/C18H29N5O2/c1-3-7-20-10-12-21(13-11-20)17(24)5-6-18(25)22-8-4-9-23-16(22)14-15(2)19-23/h14H,3-13H2,1-2H3. The van der Waals surface area contributed by atoms with E-state index < -0.39 is 0 Å². The van der Waals surface area contributed by atoms with E-state index in [1.165, 1.54) is 0 Å². The lowest BCUT2D eigenvalue weighted by molar-refractivity contribution is -0.134. The number of nitrogens with zero attached hydrogens (tertiary/aromatic N) is 5. The molecule has 2 amide bonds. The van der Waals surface area contributed by atoms with Crippen molar-refractivity contribution >= 4 is 17.6 Å². The zero-order valence-electron chi connectivity index (χ0n) is 15.4. The zero-order valence-corrected chi connectivity index (χ0v) is 15.4. The third kappa shape index (κ3) is 4.21. The molecule has 0 aromatic carbocycles. The highest BCUT2D eigenvalue weighted by molar-refractivity contribution is 5.95. The summed E-state index contributed by atoms with van der Waals surface area (Å²) in [6.07, 6.45) is 2.63. The first-order valence-corrected chi connectivity index (χ1v) is 9.43. The van der Waals surface area contributed by atoms with Crippen molar-refractivity contribution in [2.75, 3.05) is 44.2 Å². The number of fused-ring (bicyclic) bond motifs is 1. The highest BCUT2D eigenvalue weighted by atomic mass is 16.2. The lowest BCUT2D eigenvalue weighted by Crippen LogP contribution is -2.49. The molecule has 0 bridgehead atoms. The van der Waals surface area contributed by atoms with Crippen LogP contribution < -0.4 is 4.90 Å². The number of aromatic nitrogens is 2. The molecule has 0 atom stereocenters. The molecule has 1 aromatic heterocycles.